The zero-order valence-corrected chi connectivity index (χ0v) is 8.90. The van der Waals surface area contributed by atoms with Crippen molar-refractivity contribution in [2.45, 2.75) is 31.6 Å². The molecule has 0 spiro atoms. The Morgan fingerprint density at radius 1 is 1.47 bits per heavy atom. The SMILES string of the molecule is COc1cc(C=O)cnc1C1CCCC1. The molecule has 0 N–H and O–H groups in total. The average molecular weight is 205 g/mol. The van der Waals surface area contributed by atoms with Gasteiger partial charge in [0.05, 0.1) is 12.8 Å². The third-order valence-electron chi connectivity index (χ3n) is 3.00. The van der Waals surface area contributed by atoms with Gasteiger partial charge in [0.15, 0.2) is 6.29 Å². The molecular formula is C12H15NO2. The molecule has 0 unspecified atom stereocenters. The van der Waals surface area contributed by atoms with E-state index >= 15 is 0 Å². The van der Waals surface area contributed by atoms with E-state index in [2.05, 4.69) is 4.98 Å². The Morgan fingerprint density at radius 2 is 2.20 bits per heavy atom. The molecule has 1 aliphatic rings. The summed E-state index contributed by atoms with van der Waals surface area (Å²) in [5, 5.41) is 0. The molecule has 0 bridgehead atoms. The lowest BCUT2D eigenvalue weighted by molar-refractivity contribution is 0.112. The molecule has 1 saturated carbocycles. The Hall–Kier alpha value is -1.38. The minimum atomic E-state index is 0.514. The smallest absolute Gasteiger partial charge is 0.151 e. The maximum Gasteiger partial charge on any atom is 0.151 e. The van der Waals surface area contributed by atoms with Gasteiger partial charge in [-0.1, -0.05) is 12.8 Å². The Bertz CT molecular complexity index is 357. The van der Waals surface area contributed by atoms with Crippen LogP contribution in [-0.2, 0) is 0 Å². The molecule has 1 heterocycles. The Balaban J connectivity index is 2.33. The van der Waals surface area contributed by atoms with Crippen LogP contribution >= 0.6 is 0 Å². The van der Waals surface area contributed by atoms with Crippen molar-refractivity contribution < 1.29 is 9.53 Å². The molecule has 0 amide bonds. The Labute approximate surface area is 89.5 Å². The minimum absolute atomic E-state index is 0.514. The van der Waals surface area contributed by atoms with Gasteiger partial charge in [-0.2, -0.15) is 0 Å². The molecule has 2 rings (SSSR count). The highest BCUT2D eigenvalue weighted by Gasteiger charge is 2.21. The third-order valence-corrected chi connectivity index (χ3v) is 3.00. The second kappa shape index (κ2) is 4.43. The number of hydrogen-bond acceptors (Lipinski definition) is 3. The molecule has 0 radical (unpaired) electrons. The van der Waals surface area contributed by atoms with Crippen LogP contribution in [0.4, 0.5) is 0 Å². The van der Waals surface area contributed by atoms with Gasteiger partial charge in [0.25, 0.3) is 0 Å². The molecule has 0 atom stereocenters. The second-order valence-electron chi connectivity index (χ2n) is 3.96. The average Bonchev–Trinajstić information content (AvgIpc) is 2.81. The molecule has 3 nitrogen and oxygen atoms in total. The summed E-state index contributed by atoms with van der Waals surface area (Å²) < 4.78 is 5.28. The van der Waals surface area contributed by atoms with E-state index in [-0.39, 0.29) is 0 Å². The normalized spacial score (nSPS) is 16.6. The number of rotatable bonds is 3. The summed E-state index contributed by atoms with van der Waals surface area (Å²) in [6, 6.07) is 1.77. The lowest BCUT2D eigenvalue weighted by Crippen LogP contribution is -2.01. The monoisotopic (exact) mass is 205 g/mol. The first kappa shape index (κ1) is 10.1. The largest absolute Gasteiger partial charge is 0.495 e. The summed E-state index contributed by atoms with van der Waals surface area (Å²) in [6.45, 7) is 0. The Morgan fingerprint density at radius 3 is 2.80 bits per heavy atom. The molecular weight excluding hydrogens is 190 g/mol. The topological polar surface area (TPSA) is 39.2 Å². The van der Waals surface area contributed by atoms with Gasteiger partial charge in [0.2, 0.25) is 0 Å². The van der Waals surface area contributed by atoms with Crippen LogP contribution in [0.25, 0.3) is 0 Å². The van der Waals surface area contributed by atoms with Gasteiger partial charge in [0, 0.05) is 17.7 Å². The number of nitrogens with zero attached hydrogens (tertiary/aromatic N) is 1. The van der Waals surface area contributed by atoms with Crippen LogP contribution in [0.15, 0.2) is 12.3 Å². The van der Waals surface area contributed by atoms with Gasteiger partial charge in [0.1, 0.15) is 5.75 Å². The van der Waals surface area contributed by atoms with Gasteiger partial charge in [-0.3, -0.25) is 9.78 Å². The first-order valence-corrected chi connectivity index (χ1v) is 5.34. The lowest BCUT2D eigenvalue weighted by atomic mass is 10.0. The summed E-state index contributed by atoms with van der Waals surface area (Å²) in [5.41, 5.74) is 1.59. The highest BCUT2D eigenvalue weighted by Crippen LogP contribution is 2.37. The van der Waals surface area contributed by atoms with E-state index in [0.717, 1.165) is 17.7 Å². The van der Waals surface area contributed by atoms with Crippen LogP contribution in [-0.4, -0.2) is 18.4 Å². The summed E-state index contributed by atoms with van der Waals surface area (Å²) >= 11 is 0. The van der Waals surface area contributed by atoms with Crippen molar-refractivity contribution in [3.05, 3.63) is 23.5 Å². The van der Waals surface area contributed by atoms with Crippen molar-refractivity contribution in [3.63, 3.8) is 0 Å². The first-order valence-electron chi connectivity index (χ1n) is 5.34. The maximum absolute atomic E-state index is 10.6. The van der Waals surface area contributed by atoms with E-state index in [1.807, 2.05) is 0 Å². The highest BCUT2D eigenvalue weighted by atomic mass is 16.5. The number of carbonyl (C=O) groups is 1. The van der Waals surface area contributed by atoms with Crippen molar-refractivity contribution in [1.82, 2.24) is 4.98 Å². The van der Waals surface area contributed by atoms with Crippen molar-refractivity contribution in [1.29, 1.82) is 0 Å². The van der Waals surface area contributed by atoms with Gasteiger partial charge < -0.3 is 4.74 Å². The predicted octanol–water partition coefficient (Wildman–Crippen LogP) is 2.56. The zero-order chi connectivity index (χ0) is 10.7. The second-order valence-corrected chi connectivity index (χ2v) is 3.96. The first-order chi connectivity index (χ1) is 7.35. The molecule has 1 fully saturated rings. The fraction of sp³-hybridized carbons (Fsp3) is 0.500. The predicted molar refractivity (Wildman–Crippen MR) is 57.4 cm³/mol. The molecule has 80 valence electrons. The molecule has 0 aliphatic heterocycles. The van der Waals surface area contributed by atoms with Crippen LogP contribution in [0.1, 0.15) is 47.7 Å². The number of pyridine rings is 1. The number of ether oxygens (including phenoxy) is 1. The molecule has 1 aromatic rings. The van der Waals surface area contributed by atoms with Crippen molar-refractivity contribution in [2.75, 3.05) is 7.11 Å². The molecule has 1 aliphatic carbocycles. The van der Waals surface area contributed by atoms with Crippen molar-refractivity contribution in [2.24, 2.45) is 0 Å². The number of carbonyl (C=O) groups excluding carboxylic acids is 1. The van der Waals surface area contributed by atoms with Crippen LogP contribution in [0, 0.1) is 0 Å². The minimum Gasteiger partial charge on any atom is -0.495 e. The van der Waals surface area contributed by atoms with E-state index in [9.17, 15) is 4.79 Å². The number of methoxy groups -OCH3 is 1. The van der Waals surface area contributed by atoms with Gasteiger partial charge in [-0.05, 0) is 18.9 Å². The molecule has 3 heteroatoms. The van der Waals surface area contributed by atoms with Crippen LogP contribution in [0.5, 0.6) is 5.75 Å². The third kappa shape index (κ3) is 2.01. The molecule has 15 heavy (non-hydrogen) atoms. The van der Waals surface area contributed by atoms with Crippen LogP contribution in [0.3, 0.4) is 0 Å². The van der Waals surface area contributed by atoms with E-state index < -0.39 is 0 Å². The molecule has 0 saturated heterocycles. The van der Waals surface area contributed by atoms with Gasteiger partial charge in [-0.25, -0.2) is 0 Å². The molecule has 1 aromatic heterocycles. The number of hydrogen-bond donors (Lipinski definition) is 0. The summed E-state index contributed by atoms with van der Waals surface area (Å²) in [4.78, 5) is 15.0. The van der Waals surface area contributed by atoms with E-state index in [4.69, 9.17) is 4.74 Å². The van der Waals surface area contributed by atoms with Gasteiger partial charge in [-0.15, -0.1) is 0 Å². The van der Waals surface area contributed by atoms with E-state index in [1.54, 1.807) is 19.4 Å². The van der Waals surface area contributed by atoms with Crippen LogP contribution < -0.4 is 4.74 Å². The maximum atomic E-state index is 10.6. The lowest BCUT2D eigenvalue weighted by Gasteiger charge is -2.13. The van der Waals surface area contributed by atoms with Crippen molar-refractivity contribution >= 4 is 6.29 Å². The highest BCUT2D eigenvalue weighted by molar-refractivity contribution is 5.75. The van der Waals surface area contributed by atoms with Crippen LogP contribution in [0.2, 0.25) is 0 Å². The summed E-state index contributed by atoms with van der Waals surface area (Å²) in [6.07, 6.45) is 7.33. The van der Waals surface area contributed by atoms with Gasteiger partial charge >= 0.3 is 0 Å². The number of aromatic nitrogens is 1. The van der Waals surface area contributed by atoms with Crippen molar-refractivity contribution in [3.8, 4) is 5.75 Å². The standard InChI is InChI=1S/C12H15NO2/c1-15-11-6-9(8-14)7-13-12(11)10-4-2-3-5-10/h6-8,10H,2-5H2,1H3. The summed E-state index contributed by atoms with van der Waals surface area (Å²) in [7, 11) is 1.63. The fourth-order valence-electron chi connectivity index (χ4n) is 2.20. The fourth-order valence-corrected chi connectivity index (χ4v) is 2.20. The summed E-state index contributed by atoms with van der Waals surface area (Å²) in [5.74, 6) is 1.27. The number of aldehydes is 1. The van der Waals surface area contributed by atoms with E-state index in [1.165, 1.54) is 25.7 Å². The van der Waals surface area contributed by atoms with E-state index in [0.29, 0.717) is 11.5 Å². The molecule has 0 aromatic carbocycles. The Kier molecular flexibility index (Phi) is 2.99. The quantitative estimate of drug-likeness (QED) is 0.712. The zero-order valence-electron chi connectivity index (χ0n) is 8.90.